The van der Waals surface area contributed by atoms with Gasteiger partial charge in [0.05, 0.1) is 17.6 Å². The highest BCUT2D eigenvalue weighted by Crippen LogP contribution is 2.15. The number of nitrogens with zero attached hydrogens (tertiary/aromatic N) is 3. The summed E-state index contributed by atoms with van der Waals surface area (Å²) in [7, 11) is 0. The lowest BCUT2D eigenvalue weighted by molar-refractivity contribution is 0.0752. The molecule has 0 bridgehead atoms. The van der Waals surface area contributed by atoms with Gasteiger partial charge in [0.2, 0.25) is 0 Å². The second-order valence-electron chi connectivity index (χ2n) is 3.72. The maximum Gasteiger partial charge on any atom is 0.257 e. The number of carbonyl (C=O) groups is 1. The molecule has 1 amide bonds. The first-order valence-electron chi connectivity index (χ1n) is 5.39. The van der Waals surface area contributed by atoms with E-state index in [0.29, 0.717) is 18.7 Å². The molecular formula is C12H14ClN3O. The smallest absolute Gasteiger partial charge is 0.257 e. The van der Waals surface area contributed by atoms with Crippen LogP contribution in [0.15, 0.2) is 18.3 Å². The highest BCUT2D eigenvalue weighted by atomic mass is 35.5. The summed E-state index contributed by atoms with van der Waals surface area (Å²) in [6.45, 7) is 4.58. The van der Waals surface area contributed by atoms with Gasteiger partial charge in [-0.15, -0.1) is 0 Å². The van der Waals surface area contributed by atoms with Gasteiger partial charge in [0, 0.05) is 19.3 Å². The molecule has 1 aromatic heterocycles. The van der Waals surface area contributed by atoms with E-state index in [1.165, 1.54) is 6.20 Å². The Balaban J connectivity index is 2.88. The van der Waals surface area contributed by atoms with Gasteiger partial charge in [0.15, 0.2) is 0 Å². The number of hydrogen-bond donors (Lipinski definition) is 0. The van der Waals surface area contributed by atoms with Crippen LogP contribution in [0, 0.1) is 17.2 Å². The zero-order valence-corrected chi connectivity index (χ0v) is 10.6. The number of pyridine rings is 1. The van der Waals surface area contributed by atoms with Gasteiger partial charge in [-0.05, 0) is 26.0 Å². The van der Waals surface area contributed by atoms with Crippen LogP contribution in [0.4, 0.5) is 0 Å². The van der Waals surface area contributed by atoms with E-state index in [2.05, 4.69) is 11.1 Å². The summed E-state index contributed by atoms with van der Waals surface area (Å²) in [4.78, 5) is 17.6. The molecule has 0 spiro atoms. The molecule has 0 saturated carbocycles. The van der Waals surface area contributed by atoms with Crippen molar-refractivity contribution in [1.82, 2.24) is 9.88 Å². The minimum absolute atomic E-state index is 0.187. The summed E-state index contributed by atoms with van der Waals surface area (Å²) in [6, 6.07) is 5.41. The number of amides is 1. The van der Waals surface area contributed by atoms with Crippen LogP contribution >= 0.6 is 11.6 Å². The third-order valence-electron chi connectivity index (χ3n) is 2.37. The van der Waals surface area contributed by atoms with E-state index >= 15 is 0 Å². The SMILES string of the molecule is CCN(CC(C)C#N)C(=O)c1cccnc1Cl. The minimum Gasteiger partial charge on any atom is -0.338 e. The third-order valence-corrected chi connectivity index (χ3v) is 2.67. The molecule has 1 unspecified atom stereocenters. The van der Waals surface area contributed by atoms with Crippen molar-refractivity contribution in [3.05, 3.63) is 29.0 Å². The molecule has 1 heterocycles. The lowest BCUT2D eigenvalue weighted by Crippen LogP contribution is -2.34. The fourth-order valence-electron chi connectivity index (χ4n) is 1.44. The molecule has 0 radical (unpaired) electrons. The van der Waals surface area contributed by atoms with Gasteiger partial charge in [-0.3, -0.25) is 4.79 Å². The van der Waals surface area contributed by atoms with Gasteiger partial charge in [0.25, 0.3) is 5.91 Å². The third kappa shape index (κ3) is 3.43. The van der Waals surface area contributed by atoms with E-state index < -0.39 is 0 Å². The van der Waals surface area contributed by atoms with Crippen molar-refractivity contribution in [2.75, 3.05) is 13.1 Å². The zero-order chi connectivity index (χ0) is 12.8. The fourth-order valence-corrected chi connectivity index (χ4v) is 1.64. The molecule has 0 saturated heterocycles. The first kappa shape index (κ1) is 13.5. The molecule has 0 aliphatic rings. The highest BCUT2D eigenvalue weighted by Gasteiger charge is 2.19. The van der Waals surface area contributed by atoms with Crippen LogP contribution in [0.5, 0.6) is 0 Å². The van der Waals surface area contributed by atoms with Crippen molar-refractivity contribution >= 4 is 17.5 Å². The van der Waals surface area contributed by atoms with Gasteiger partial charge < -0.3 is 4.90 Å². The van der Waals surface area contributed by atoms with E-state index in [-0.39, 0.29) is 17.0 Å². The van der Waals surface area contributed by atoms with Gasteiger partial charge in [-0.25, -0.2) is 4.98 Å². The zero-order valence-electron chi connectivity index (χ0n) is 9.85. The molecule has 0 aliphatic carbocycles. The number of carbonyl (C=O) groups excluding carboxylic acids is 1. The van der Waals surface area contributed by atoms with Crippen molar-refractivity contribution in [3.63, 3.8) is 0 Å². The Kier molecular flexibility index (Phi) is 4.92. The summed E-state index contributed by atoms with van der Waals surface area (Å²) in [5.74, 6) is -0.387. The molecule has 0 N–H and O–H groups in total. The first-order chi connectivity index (χ1) is 8.10. The summed E-state index contributed by atoms with van der Waals surface area (Å²) in [6.07, 6.45) is 1.54. The monoisotopic (exact) mass is 251 g/mol. The maximum atomic E-state index is 12.1. The molecule has 0 aliphatic heterocycles. The Morgan fingerprint density at radius 3 is 2.94 bits per heavy atom. The minimum atomic E-state index is -0.200. The molecule has 1 aromatic rings. The number of rotatable bonds is 4. The van der Waals surface area contributed by atoms with Crippen LogP contribution in [-0.2, 0) is 0 Å². The van der Waals surface area contributed by atoms with Crippen LogP contribution in [-0.4, -0.2) is 28.9 Å². The molecule has 1 rings (SSSR count). The topological polar surface area (TPSA) is 57.0 Å². The second kappa shape index (κ2) is 6.21. The first-order valence-corrected chi connectivity index (χ1v) is 5.77. The van der Waals surface area contributed by atoms with E-state index in [1.54, 1.807) is 24.0 Å². The van der Waals surface area contributed by atoms with Gasteiger partial charge in [0.1, 0.15) is 5.15 Å². The maximum absolute atomic E-state index is 12.1. The van der Waals surface area contributed by atoms with Crippen LogP contribution in [0.3, 0.4) is 0 Å². The summed E-state index contributed by atoms with van der Waals surface area (Å²) < 4.78 is 0. The standard InChI is InChI=1S/C12H14ClN3O/c1-3-16(8-9(2)7-14)12(17)10-5-4-6-15-11(10)13/h4-6,9H,3,8H2,1-2H3. The van der Waals surface area contributed by atoms with Gasteiger partial charge in [-0.2, -0.15) is 5.26 Å². The number of halogens is 1. The van der Waals surface area contributed by atoms with Crippen LogP contribution < -0.4 is 0 Å². The summed E-state index contributed by atoms with van der Waals surface area (Å²) in [5.41, 5.74) is 0.376. The van der Waals surface area contributed by atoms with Crippen LogP contribution in [0.2, 0.25) is 5.15 Å². The second-order valence-corrected chi connectivity index (χ2v) is 4.07. The van der Waals surface area contributed by atoms with Crippen LogP contribution in [0.1, 0.15) is 24.2 Å². The van der Waals surface area contributed by atoms with Crippen molar-refractivity contribution in [3.8, 4) is 6.07 Å². The van der Waals surface area contributed by atoms with Crippen molar-refractivity contribution < 1.29 is 4.79 Å². The van der Waals surface area contributed by atoms with E-state index in [9.17, 15) is 4.79 Å². The fraction of sp³-hybridized carbons (Fsp3) is 0.417. The summed E-state index contributed by atoms with van der Waals surface area (Å²) >= 11 is 5.87. The lowest BCUT2D eigenvalue weighted by atomic mass is 10.1. The predicted molar refractivity (Wildman–Crippen MR) is 65.6 cm³/mol. The van der Waals surface area contributed by atoms with Crippen molar-refractivity contribution in [2.45, 2.75) is 13.8 Å². The molecule has 0 fully saturated rings. The summed E-state index contributed by atoms with van der Waals surface area (Å²) in [5, 5.41) is 8.95. The Bertz CT molecular complexity index is 442. The Morgan fingerprint density at radius 1 is 1.71 bits per heavy atom. The average Bonchev–Trinajstić information content (AvgIpc) is 2.35. The molecular weight excluding hydrogens is 238 g/mol. The largest absolute Gasteiger partial charge is 0.338 e. The Morgan fingerprint density at radius 2 is 2.41 bits per heavy atom. The normalized spacial score (nSPS) is 11.6. The van der Waals surface area contributed by atoms with Crippen LogP contribution in [0.25, 0.3) is 0 Å². The van der Waals surface area contributed by atoms with E-state index in [1.807, 2.05) is 6.92 Å². The lowest BCUT2D eigenvalue weighted by Gasteiger charge is -2.22. The average molecular weight is 252 g/mol. The Hall–Kier alpha value is -1.60. The molecule has 90 valence electrons. The molecule has 5 heteroatoms. The molecule has 4 nitrogen and oxygen atoms in total. The highest BCUT2D eigenvalue weighted by molar-refractivity contribution is 6.32. The van der Waals surface area contributed by atoms with Crippen molar-refractivity contribution in [1.29, 1.82) is 5.26 Å². The van der Waals surface area contributed by atoms with E-state index in [0.717, 1.165) is 0 Å². The van der Waals surface area contributed by atoms with E-state index in [4.69, 9.17) is 16.9 Å². The predicted octanol–water partition coefficient (Wildman–Crippen LogP) is 2.36. The quantitative estimate of drug-likeness (QED) is 0.772. The van der Waals surface area contributed by atoms with Crippen molar-refractivity contribution in [2.24, 2.45) is 5.92 Å². The number of nitriles is 1. The van der Waals surface area contributed by atoms with Gasteiger partial charge in [-0.1, -0.05) is 11.6 Å². The molecule has 0 aromatic carbocycles. The Labute approximate surface area is 106 Å². The number of hydrogen-bond acceptors (Lipinski definition) is 3. The molecule has 1 atom stereocenters. The van der Waals surface area contributed by atoms with Gasteiger partial charge >= 0.3 is 0 Å². The number of aromatic nitrogens is 1. The molecule has 17 heavy (non-hydrogen) atoms.